The molecule has 0 unspecified atom stereocenters. The molecular weight excluding hydrogens is 433 g/mol. The number of benzene rings is 1. The van der Waals surface area contributed by atoms with Crippen LogP contribution in [0.25, 0.3) is 0 Å². The van der Waals surface area contributed by atoms with Crippen LogP contribution < -0.4 is 38.2 Å². The number of carbonyl (C=O) groups is 1. The van der Waals surface area contributed by atoms with Crippen molar-refractivity contribution in [2.75, 3.05) is 33.1 Å². The van der Waals surface area contributed by atoms with E-state index in [1.54, 1.807) is 26.2 Å². The molecule has 0 saturated heterocycles. The van der Waals surface area contributed by atoms with Gasteiger partial charge in [-0.05, 0) is 18.2 Å². The van der Waals surface area contributed by atoms with Gasteiger partial charge in [0.15, 0.2) is 18.1 Å². The Balaban J connectivity index is 0.00000312. The van der Waals surface area contributed by atoms with Crippen molar-refractivity contribution in [3.8, 4) is 5.75 Å². The van der Waals surface area contributed by atoms with Crippen molar-refractivity contribution in [3.05, 3.63) is 42.7 Å². The SMILES string of the molecule is CN(C)C(=O)Oc1cc(N(C)C)ccc1N=Nc1ccc[n+](C)c1.[I-]. The van der Waals surface area contributed by atoms with Crippen molar-refractivity contribution in [2.24, 2.45) is 17.3 Å². The summed E-state index contributed by atoms with van der Waals surface area (Å²) in [6, 6.07) is 9.17. The molecule has 0 aliphatic rings. The molecular formula is C17H22IN5O2. The summed E-state index contributed by atoms with van der Waals surface area (Å²) < 4.78 is 7.30. The highest BCUT2D eigenvalue weighted by molar-refractivity contribution is 5.74. The van der Waals surface area contributed by atoms with E-state index in [9.17, 15) is 4.79 Å². The summed E-state index contributed by atoms with van der Waals surface area (Å²) in [6.45, 7) is 0. The van der Waals surface area contributed by atoms with Crippen molar-refractivity contribution >= 4 is 23.2 Å². The monoisotopic (exact) mass is 455 g/mol. The summed E-state index contributed by atoms with van der Waals surface area (Å²) in [5, 5.41) is 8.44. The number of carbonyl (C=O) groups excluding carboxylic acids is 1. The first-order valence-electron chi connectivity index (χ1n) is 7.44. The van der Waals surface area contributed by atoms with Gasteiger partial charge in [0.2, 0.25) is 0 Å². The number of azo groups is 1. The second-order valence-electron chi connectivity index (χ2n) is 5.74. The minimum absolute atomic E-state index is 0. The summed E-state index contributed by atoms with van der Waals surface area (Å²) >= 11 is 0. The van der Waals surface area contributed by atoms with Gasteiger partial charge in [-0.15, -0.1) is 10.2 Å². The van der Waals surface area contributed by atoms with Gasteiger partial charge in [0.05, 0.1) is 0 Å². The minimum atomic E-state index is -0.464. The molecule has 25 heavy (non-hydrogen) atoms. The molecule has 7 nitrogen and oxygen atoms in total. The zero-order valence-corrected chi connectivity index (χ0v) is 17.1. The Morgan fingerprint density at radius 3 is 2.44 bits per heavy atom. The lowest BCUT2D eigenvalue weighted by atomic mass is 10.2. The smallest absolute Gasteiger partial charge is 0.414 e. The molecule has 1 amide bonds. The van der Waals surface area contributed by atoms with E-state index in [1.807, 2.05) is 61.2 Å². The highest BCUT2D eigenvalue weighted by atomic mass is 127. The first-order valence-corrected chi connectivity index (χ1v) is 7.44. The molecule has 1 aromatic carbocycles. The number of amides is 1. The summed E-state index contributed by atoms with van der Waals surface area (Å²) in [6.07, 6.45) is 3.30. The largest absolute Gasteiger partial charge is 1.00 e. The second-order valence-corrected chi connectivity index (χ2v) is 5.74. The average Bonchev–Trinajstić information content (AvgIpc) is 2.53. The molecule has 8 heteroatoms. The quantitative estimate of drug-likeness (QED) is 0.372. The number of rotatable bonds is 4. The summed E-state index contributed by atoms with van der Waals surface area (Å²) in [4.78, 5) is 15.2. The Labute approximate surface area is 164 Å². The highest BCUT2D eigenvalue weighted by Crippen LogP contribution is 2.33. The Hall–Kier alpha value is -2.23. The molecule has 2 aromatic rings. The fourth-order valence-corrected chi connectivity index (χ4v) is 1.87. The number of hydrogen-bond acceptors (Lipinski definition) is 5. The predicted molar refractivity (Wildman–Crippen MR) is 92.3 cm³/mol. The number of nitrogens with zero attached hydrogens (tertiary/aromatic N) is 5. The molecule has 0 bridgehead atoms. The fourth-order valence-electron chi connectivity index (χ4n) is 1.87. The lowest BCUT2D eigenvalue weighted by Gasteiger charge is -2.16. The molecule has 0 aliphatic carbocycles. The number of anilines is 1. The predicted octanol–water partition coefficient (Wildman–Crippen LogP) is 0.0569. The third-order valence-electron chi connectivity index (χ3n) is 3.22. The number of aryl methyl sites for hydroxylation is 1. The highest BCUT2D eigenvalue weighted by Gasteiger charge is 2.13. The van der Waals surface area contributed by atoms with Crippen LogP contribution in [0, 0.1) is 0 Å². The maximum Gasteiger partial charge on any atom is 0.414 e. The number of pyridine rings is 1. The van der Waals surface area contributed by atoms with Gasteiger partial charge in [0, 0.05) is 46.0 Å². The topological polar surface area (TPSA) is 61.4 Å². The first kappa shape index (κ1) is 20.8. The van der Waals surface area contributed by atoms with Crippen LogP contribution >= 0.6 is 0 Å². The standard InChI is InChI=1S/C17H22N5O2.HI/c1-20(2)14-8-9-15(16(11-14)24-17(23)21(3)4)19-18-13-7-6-10-22(5)12-13;/h6-12H,1-5H3;1H/q+1;/p-1. The van der Waals surface area contributed by atoms with E-state index in [1.165, 1.54) is 4.90 Å². The van der Waals surface area contributed by atoms with E-state index in [2.05, 4.69) is 10.2 Å². The lowest BCUT2D eigenvalue weighted by molar-refractivity contribution is -0.670. The zero-order valence-electron chi connectivity index (χ0n) is 15.0. The van der Waals surface area contributed by atoms with Crippen LogP contribution in [-0.2, 0) is 7.05 Å². The van der Waals surface area contributed by atoms with E-state index < -0.39 is 6.09 Å². The Kier molecular flexibility index (Phi) is 7.75. The van der Waals surface area contributed by atoms with Crippen molar-refractivity contribution < 1.29 is 38.1 Å². The number of aromatic nitrogens is 1. The molecule has 2 rings (SSSR count). The average molecular weight is 455 g/mol. The van der Waals surface area contributed by atoms with Crippen LogP contribution in [0.1, 0.15) is 0 Å². The van der Waals surface area contributed by atoms with Crippen LogP contribution in [0.2, 0.25) is 0 Å². The maximum atomic E-state index is 11.9. The van der Waals surface area contributed by atoms with E-state index in [-0.39, 0.29) is 24.0 Å². The summed E-state index contributed by atoms with van der Waals surface area (Å²) in [5.74, 6) is 0.365. The van der Waals surface area contributed by atoms with Gasteiger partial charge in [-0.3, -0.25) is 0 Å². The molecule has 0 atom stereocenters. The van der Waals surface area contributed by atoms with Gasteiger partial charge in [-0.2, -0.15) is 0 Å². The van der Waals surface area contributed by atoms with Crippen molar-refractivity contribution in [1.82, 2.24) is 4.90 Å². The molecule has 0 spiro atoms. The second kappa shape index (κ2) is 9.30. The molecule has 1 aromatic heterocycles. The molecule has 0 aliphatic heterocycles. The van der Waals surface area contributed by atoms with Gasteiger partial charge < -0.3 is 38.5 Å². The zero-order chi connectivity index (χ0) is 17.7. The van der Waals surface area contributed by atoms with Crippen LogP contribution in [-0.4, -0.2) is 39.2 Å². The molecule has 0 fully saturated rings. The fraction of sp³-hybridized carbons (Fsp3) is 0.294. The van der Waals surface area contributed by atoms with Crippen molar-refractivity contribution in [2.45, 2.75) is 0 Å². The van der Waals surface area contributed by atoms with Crippen LogP contribution in [0.15, 0.2) is 53.0 Å². The molecule has 1 heterocycles. The third kappa shape index (κ3) is 5.96. The van der Waals surface area contributed by atoms with E-state index in [0.717, 1.165) is 5.69 Å². The number of ether oxygens (including phenoxy) is 1. The summed E-state index contributed by atoms with van der Waals surface area (Å²) in [7, 11) is 9.00. The van der Waals surface area contributed by atoms with Gasteiger partial charge in [0.1, 0.15) is 18.4 Å². The van der Waals surface area contributed by atoms with Crippen molar-refractivity contribution in [1.29, 1.82) is 0 Å². The van der Waals surface area contributed by atoms with Crippen molar-refractivity contribution in [3.63, 3.8) is 0 Å². The maximum absolute atomic E-state index is 11.9. The number of hydrogen-bond donors (Lipinski definition) is 0. The third-order valence-corrected chi connectivity index (χ3v) is 3.22. The van der Waals surface area contributed by atoms with Crippen LogP contribution in [0.4, 0.5) is 21.9 Å². The van der Waals surface area contributed by atoms with Gasteiger partial charge in [-0.1, -0.05) is 0 Å². The van der Waals surface area contributed by atoms with Gasteiger partial charge in [0.25, 0.3) is 0 Å². The van der Waals surface area contributed by atoms with Gasteiger partial charge in [-0.25, -0.2) is 9.36 Å². The lowest BCUT2D eigenvalue weighted by Crippen LogP contribution is -3.00. The van der Waals surface area contributed by atoms with E-state index in [0.29, 0.717) is 17.1 Å². The first-order chi connectivity index (χ1) is 11.4. The summed E-state index contributed by atoms with van der Waals surface area (Å²) in [5.41, 5.74) is 2.10. The van der Waals surface area contributed by atoms with Gasteiger partial charge >= 0.3 is 6.09 Å². The molecule has 134 valence electrons. The minimum Gasteiger partial charge on any atom is -1.00 e. The molecule has 0 N–H and O–H groups in total. The number of halogens is 1. The van der Waals surface area contributed by atoms with E-state index >= 15 is 0 Å². The van der Waals surface area contributed by atoms with Crippen LogP contribution in [0.3, 0.4) is 0 Å². The van der Waals surface area contributed by atoms with E-state index in [4.69, 9.17) is 4.74 Å². The van der Waals surface area contributed by atoms with Crippen LogP contribution in [0.5, 0.6) is 5.75 Å². The Bertz CT molecular complexity index is 762. The molecule has 0 radical (unpaired) electrons. The Morgan fingerprint density at radius 1 is 1.12 bits per heavy atom. The Morgan fingerprint density at radius 2 is 1.84 bits per heavy atom. The molecule has 0 saturated carbocycles. The normalized spacial score (nSPS) is 10.3.